The Hall–Kier alpha value is -1.43. The van der Waals surface area contributed by atoms with E-state index in [0.717, 1.165) is 54.9 Å². The fourth-order valence-electron chi connectivity index (χ4n) is 7.54. The van der Waals surface area contributed by atoms with Crippen LogP contribution >= 0.6 is 23.2 Å². The molecule has 4 nitrogen and oxygen atoms in total. The molecule has 0 amide bonds. The van der Waals surface area contributed by atoms with Crippen molar-refractivity contribution in [3.8, 4) is 0 Å². The van der Waals surface area contributed by atoms with Gasteiger partial charge in [-0.25, -0.2) is 4.98 Å². The van der Waals surface area contributed by atoms with Gasteiger partial charge in [-0.05, 0) is 105 Å². The van der Waals surface area contributed by atoms with Crippen molar-refractivity contribution < 1.29 is 10.2 Å². The summed E-state index contributed by atoms with van der Waals surface area (Å²) in [6.45, 7) is 2.31. The zero-order chi connectivity index (χ0) is 25.7. The van der Waals surface area contributed by atoms with Crippen LogP contribution in [-0.4, -0.2) is 45.9 Å². The molecule has 194 valence electrons. The number of alkyl halides is 1. The van der Waals surface area contributed by atoms with Crippen LogP contribution in [0.1, 0.15) is 63.9 Å². The zero-order valence-corrected chi connectivity index (χ0v) is 23.0. The molecule has 0 bridgehead atoms. The highest BCUT2D eigenvalue weighted by Crippen LogP contribution is 2.65. The van der Waals surface area contributed by atoms with E-state index in [4.69, 9.17) is 23.2 Å². The van der Waals surface area contributed by atoms with E-state index in [-0.39, 0.29) is 17.4 Å². The van der Waals surface area contributed by atoms with Crippen LogP contribution in [0.5, 0.6) is 0 Å². The van der Waals surface area contributed by atoms with Crippen LogP contribution in [0.25, 0.3) is 16.3 Å². The zero-order valence-electron chi connectivity index (χ0n) is 21.5. The number of aliphatic hydroxyl groups is 2. The Morgan fingerprint density at radius 2 is 1.86 bits per heavy atom. The largest absolute Gasteiger partial charge is 0.393 e. The number of pyridine rings is 1. The average molecular weight is 530 g/mol. The third-order valence-corrected chi connectivity index (χ3v) is 10.3. The monoisotopic (exact) mass is 528 g/mol. The fraction of sp³-hybridized carbons (Fsp3) is 0.567. The smallest absolute Gasteiger partial charge is 0.136 e. The predicted molar refractivity (Wildman–Crippen MR) is 149 cm³/mol. The molecule has 4 aliphatic carbocycles. The number of benzene rings is 1. The summed E-state index contributed by atoms with van der Waals surface area (Å²) >= 11 is 13.8. The van der Waals surface area contributed by atoms with Crippen molar-refractivity contribution >= 4 is 39.5 Å². The Kier molecular flexibility index (Phi) is 7.06. The highest BCUT2D eigenvalue weighted by Gasteiger charge is 2.64. The first-order valence-electron chi connectivity index (χ1n) is 13.3. The summed E-state index contributed by atoms with van der Waals surface area (Å²) in [5, 5.41) is 27.9. The third-order valence-electron chi connectivity index (χ3n) is 9.41. The average Bonchev–Trinajstić information content (AvgIpc) is 3.15. The van der Waals surface area contributed by atoms with E-state index >= 15 is 0 Å². The topological polar surface area (TPSA) is 65.4 Å². The lowest BCUT2D eigenvalue weighted by Crippen LogP contribution is -2.61. The quantitative estimate of drug-likeness (QED) is 0.224. The SMILES string of the molecule is CC12CCC3(Cl)C=C4CC(O)CCC4CC[C@]3(O)C1CC=C2c1ccc2ccnc(Cl)c2c1.CNC. The Morgan fingerprint density at radius 3 is 2.64 bits per heavy atom. The van der Waals surface area contributed by atoms with Gasteiger partial charge in [0.25, 0.3) is 0 Å². The Balaban J connectivity index is 0.000000848. The van der Waals surface area contributed by atoms with E-state index in [9.17, 15) is 10.2 Å². The maximum absolute atomic E-state index is 12.4. The van der Waals surface area contributed by atoms with E-state index < -0.39 is 10.5 Å². The normalized spacial score (nSPS) is 37.5. The molecule has 2 saturated carbocycles. The minimum atomic E-state index is -0.967. The summed E-state index contributed by atoms with van der Waals surface area (Å²) in [5.74, 6) is 0.502. The van der Waals surface area contributed by atoms with Crippen LogP contribution < -0.4 is 5.32 Å². The van der Waals surface area contributed by atoms with Gasteiger partial charge < -0.3 is 15.5 Å². The van der Waals surface area contributed by atoms with Gasteiger partial charge >= 0.3 is 0 Å². The number of hydrogen-bond donors (Lipinski definition) is 3. The van der Waals surface area contributed by atoms with Gasteiger partial charge in [-0.3, -0.25) is 0 Å². The molecule has 3 N–H and O–H groups in total. The standard InChI is InChI=1S/C28H31Cl2NO2.C2H7N/c1-26-11-12-27(30)16-20-14-21(32)5-4-17(20)8-10-28(27,33)24(26)7-6-23(26)19-3-2-18-9-13-31-25(29)22(18)15-19;1-3-2/h2-3,6,9,13,15-17,21,24,32-33H,4-5,7-8,10-12,14H2,1H3;3H,1-2H3/t17?,21?,24?,26?,27?,28-;/m0./s1. The first-order valence-corrected chi connectivity index (χ1v) is 14.1. The van der Waals surface area contributed by atoms with Gasteiger partial charge in [-0.2, -0.15) is 0 Å². The van der Waals surface area contributed by atoms with Gasteiger partial charge in [0.1, 0.15) is 5.15 Å². The third kappa shape index (κ3) is 4.14. The molecule has 0 saturated heterocycles. The Bertz CT molecular complexity index is 1210. The van der Waals surface area contributed by atoms with E-state index in [0.29, 0.717) is 23.9 Å². The van der Waals surface area contributed by atoms with Crippen LogP contribution in [0.2, 0.25) is 5.15 Å². The highest BCUT2D eigenvalue weighted by atomic mass is 35.5. The second-order valence-electron chi connectivity index (χ2n) is 11.5. The molecule has 0 aliphatic heterocycles. The molecule has 6 atom stereocenters. The molecular formula is C30H38Cl2N2O2. The molecule has 0 radical (unpaired) electrons. The number of hydrogen-bond acceptors (Lipinski definition) is 4. The van der Waals surface area contributed by atoms with Crippen molar-refractivity contribution in [2.24, 2.45) is 17.3 Å². The molecule has 6 heteroatoms. The summed E-state index contributed by atoms with van der Waals surface area (Å²) in [5.41, 5.74) is 2.61. The summed E-state index contributed by atoms with van der Waals surface area (Å²) in [6, 6.07) is 8.43. The van der Waals surface area contributed by atoms with Gasteiger partial charge in [-0.1, -0.05) is 48.4 Å². The van der Waals surface area contributed by atoms with E-state index in [2.05, 4.69) is 47.6 Å². The summed E-state index contributed by atoms with van der Waals surface area (Å²) in [6.07, 6.45) is 12.6. The molecule has 2 aromatic rings. The van der Waals surface area contributed by atoms with E-state index in [1.807, 2.05) is 20.2 Å². The molecule has 6 rings (SSSR count). The van der Waals surface area contributed by atoms with Crippen molar-refractivity contribution in [2.75, 3.05) is 14.1 Å². The van der Waals surface area contributed by atoms with Crippen LogP contribution in [-0.2, 0) is 0 Å². The van der Waals surface area contributed by atoms with Crippen LogP contribution in [0.15, 0.2) is 48.2 Å². The second kappa shape index (κ2) is 9.71. The lowest BCUT2D eigenvalue weighted by molar-refractivity contribution is -0.106. The number of rotatable bonds is 1. The summed E-state index contributed by atoms with van der Waals surface area (Å²) < 4.78 is 0. The van der Waals surface area contributed by atoms with Crippen molar-refractivity contribution in [1.82, 2.24) is 10.3 Å². The number of aromatic nitrogens is 1. The molecule has 36 heavy (non-hydrogen) atoms. The maximum atomic E-state index is 12.4. The summed E-state index contributed by atoms with van der Waals surface area (Å²) in [7, 11) is 3.75. The van der Waals surface area contributed by atoms with Crippen molar-refractivity contribution in [2.45, 2.75) is 74.9 Å². The van der Waals surface area contributed by atoms with Gasteiger partial charge in [0, 0.05) is 17.5 Å². The lowest BCUT2D eigenvalue weighted by atomic mass is 9.54. The van der Waals surface area contributed by atoms with Crippen molar-refractivity contribution in [1.29, 1.82) is 0 Å². The van der Waals surface area contributed by atoms with Gasteiger partial charge in [0.2, 0.25) is 0 Å². The number of nitrogens with zero attached hydrogens (tertiary/aromatic N) is 1. The number of halogens is 2. The van der Waals surface area contributed by atoms with Gasteiger partial charge in [0.05, 0.1) is 16.6 Å². The highest BCUT2D eigenvalue weighted by molar-refractivity contribution is 6.34. The predicted octanol–water partition coefficient (Wildman–Crippen LogP) is 6.52. The van der Waals surface area contributed by atoms with Crippen LogP contribution in [0, 0.1) is 17.3 Å². The van der Waals surface area contributed by atoms with Gasteiger partial charge in [0.15, 0.2) is 0 Å². The minimum absolute atomic E-state index is 0.0632. The van der Waals surface area contributed by atoms with Crippen LogP contribution in [0.3, 0.4) is 0 Å². The first-order chi connectivity index (χ1) is 17.1. The molecule has 1 aromatic heterocycles. The molecule has 2 fully saturated rings. The number of allylic oxidation sites excluding steroid dienone is 2. The lowest BCUT2D eigenvalue weighted by Gasteiger charge is -2.56. The molecule has 1 heterocycles. The molecular weight excluding hydrogens is 491 g/mol. The molecule has 5 unspecified atom stereocenters. The van der Waals surface area contributed by atoms with Gasteiger partial charge in [-0.15, -0.1) is 11.6 Å². The number of aliphatic hydroxyl groups excluding tert-OH is 1. The Morgan fingerprint density at radius 1 is 1.08 bits per heavy atom. The van der Waals surface area contributed by atoms with Crippen molar-refractivity contribution in [3.05, 3.63) is 58.9 Å². The first kappa shape index (κ1) is 26.2. The number of nitrogens with one attached hydrogen (secondary N) is 1. The minimum Gasteiger partial charge on any atom is -0.393 e. The maximum Gasteiger partial charge on any atom is 0.136 e. The number of fused-ring (bicyclic) bond motifs is 5. The summed E-state index contributed by atoms with van der Waals surface area (Å²) in [4.78, 5) is 3.50. The fourth-order valence-corrected chi connectivity index (χ4v) is 8.22. The Labute approximate surface area is 224 Å². The molecule has 1 aromatic carbocycles. The molecule has 4 aliphatic rings. The van der Waals surface area contributed by atoms with E-state index in [1.165, 1.54) is 11.1 Å². The second-order valence-corrected chi connectivity index (χ2v) is 12.6. The van der Waals surface area contributed by atoms with Crippen LogP contribution in [0.4, 0.5) is 0 Å². The van der Waals surface area contributed by atoms with Crippen molar-refractivity contribution in [3.63, 3.8) is 0 Å². The molecule has 0 spiro atoms. The van der Waals surface area contributed by atoms with E-state index in [1.54, 1.807) is 6.20 Å².